The van der Waals surface area contributed by atoms with Crippen molar-refractivity contribution in [3.63, 3.8) is 0 Å². The Morgan fingerprint density at radius 3 is 2.88 bits per heavy atom. The first-order chi connectivity index (χ1) is 11.5. The molecule has 1 aliphatic rings. The minimum atomic E-state index is -0.832. The van der Waals surface area contributed by atoms with Gasteiger partial charge in [0, 0.05) is 11.6 Å². The average molecular weight is 347 g/mol. The van der Waals surface area contributed by atoms with Crippen LogP contribution in [0.3, 0.4) is 0 Å². The molecule has 0 unspecified atom stereocenters. The summed E-state index contributed by atoms with van der Waals surface area (Å²) in [6, 6.07) is 9.88. The van der Waals surface area contributed by atoms with Crippen LogP contribution in [0.25, 0.3) is 5.76 Å². The Morgan fingerprint density at radius 1 is 1.46 bits per heavy atom. The Labute approximate surface area is 145 Å². The summed E-state index contributed by atoms with van der Waals surface area (Å²) in [6.07, 6.45) is 2.11. The first-order valence-corrected chi connectivity index (χ1v) is 8.70. The van der Waals surface area contributed by atoms with Crippen LogP contribution in [-0.2, 0) is 20.8 Å². The van der Waals surface area contributed by atoms with E-state index in [1.807, 2.05) is 49.6 Å². The molecule has 1 N–H and O–H groups in total. The van der Waals surface area contributed by atoms with Gasteiger partial charge in [-0.3, -0.25) is 0 Å². The fraction of sp³-hybridized carbons (Fsp3) is 0.389. The number of aliphatic hydroxyl groups is 1. The molecule has 5 nitrogen and oxygen atoms in total. The molecule has 1 saturated heterocycles. The molecule has 24 heavy (non-hydrogen) atoms. The van der Waals surface area contributed by atoms with Crippen LogP contribution in [0.1, 0.15) is 24.4 Å². The number of hydrogen-bond acceptors (Lipinski definition) is 6. The zero-order valence-corrected chi connectivity index (χ0v) is 14.5. The van der Waals surface area contributed by atoms with Gasteiger partial charge >= 0.3 is 0 Å². The Morgan fingerprint density at radius 2 is 2.25 bits per heavy atom. The molecule has 128 valence electrons. The SMILES string of the molecule is CC1(C)OC[C@@H]([C@@H](O)/C=C(\OCc2ccccc2)c2nccs2)O1. The minimum absolute atomic E-state index is 0.342. The lowest BCUT2D eigenvalue weighted by atomic mass is 10.2. The van der Waals surface area contributed by atoms with Crippen molar-refractivity contribution in [2.75, 3.05) is 6.61 Å². The molecule has 0 spiro atoms. The van der Waals surface area contributed by atoms with Gasteiger partial charge in [-0.15, -0.1) is 11.3 Å². The number of aliphatic hydroxyl groups excluding tert-OH is 1. The Balaban J connectivity index is 1.72. The summed E-state index contributed by atoms with van der Waals surface area (Å²) < 4.78 is 17.1. The monoisotopic (exact) mass is 347 g/mol. The molecule has 0 amide bonds. The molecule has 2 heterocycles. The molecule has 0 bridgehead atoms. The lowest BCUT2D eigenvalue weighted by Crippen LogP contribution is -2.29. The second kappa shape index (κ2) is 7.44. The second-order valence-electron chi connectivity index (χ2n) is 6.00. The van der Waals surface area contributed by atoms with Crippen molar-refractivity contribution < 1.29 is 19.3 Å². The van der Waals surface area contributed by atoms with Crippen LogP contribution in [0, 0.1) is 0 Å². The summed E-state index contributed by atoms with van der Waals surface area (Å²) in [6.45, 7) is 4.41. The van der Waals surface area contributed by atoms with Crippen LogP contribution in [0.15, 0.2) is 48.0 Å². The highest BCUT2D eigenvalue weighted by Crippen LogP contribution is 2.27. The van der Waals surface area contributed by atoms with Gasteiger partial charge in [0.05, 0.1) is 6.61 Å². The van der Waals surface area contributed by atoms with Crippen molar-refractivity contribution in [3.8, 4) is 0 Å². The number of hydrogen-bond donors (Lipinski definition) is 1. The molecule has 3 rings (SSSR count). The molecule has 0 aliphatic carbocycles. The number of aromatic nitrogens is 1. The zero-order chi connectivity index (χ0) is 17.0. The van der Waals surface area contributed by atoms with Gasteiger partial charge in [-0.05, 0) is 25.5 Å². The van der Waals surface area contributed by atoms with Gasteiger partial charge in [-0.2, -0.15) is 0 Å². The van der Waals surface area contributed by atoms with Crippen LogP contribution in [0.5, 0.6) is 0 Å². The van der Waals surface area contributed by atoms with Gasteiger partial charge in [0.25, 0.3) is 0 Å². The quantitative estimate of drug-likeness (QED) is 0.813. The molecular formula is C18H21NO4S. The van der Waals surface area contributed by atoms with Gasteiger partial charge in [0.15, 0.2) is 16.6 Å². The summed E-state index contributed by atoms with van der Waals surface area (Å²) in [5.74, 6) is -0.124. The van der Waals surface area contributed by atoms with Crippen LogP contribution in [0.4, 0.5) is 0 Å². The fourth-order valence-corrected chi connectivity index (χ4v) is 3.02. The first kappa shape index (κ1) is 17.1. The smallest absolute Gasteiger partial charge is 0.163 e. The van der Waals surface area contributed by atoms with Crippen molar-refractivity contribution in [2.45, 2.75) is 38.4 Å². The summed E-state index contributed by atoms with van der Waals surface area (Å²) in [7, 11) is 0. The maximum atomic E-state index is 10.5. The predicted octanol–water partition coefficient (Wildman–Crippen LogP) is 3.21. The summed E-state index contributed by atoms with van der Waals surface area (Å²) in [5, 5.41) is 13.1. The van der Waals surface area contributed by atoms with Gasteiger partial charge in [0.2, 0.25) is 0 Å². The third kappa shape index (κ3) is 4.42. The number of ether oxygens (including phenoxy) is 3. The molecule has 1 aromatic heterocycles. The van der Waals surface area contributed by atoms with E-state index in [0.29, 0.717) is 19.0 Å². The van der Waals surface area contributed by atoms with E-state index in [1.165, 1.54) is 11.3 Å². The fourth-order valence-electron chi connectivity index (χ4n) is 2.41. The van der Waals surface area contributed by atoms with Crippen molar-refractivity contribution in [1.29, 1.82) is 0 Å². The van der Waals surface area contributed by atoms with Gasteiger partial charge < -0.3 is 19.3 Å². The molecule has 1 aromatic carbocycles. The van der Waals surface area contributed by atoms with Crippen molar-refractivity contribution in [3.05, 3.63) is 58.6 Å². The van der Waals surface area contributed by atoms with Gasteiger partial charge in [-0.1, -0.05) is 30.3 Å². The van der Waals surface area contributed by atoms with E-state index >= 15 is 0 Å². The van der Waals surface area contributed by atoms with E-state index < -0.39 is 18.0 Å². The molecular weight excluding hydrogens is 326 g/mol. The van der Waals surface area contributed by atoms with E-state index in [0.717, 1.165) is 10.6 Å². The molecule has 2 aromatic rings. The number of benzene rings is 1. The molecule has 0 saturated carbocycles. The molecule has 1 aliphatic heterocycles. The maximum Gasteiger partial charge on any atom is 0.163 e. The molecule has 6 heteroatoms. The minimum Gasteiger partial charge on any atom is -0.486 e. The van der Waals surface area contributed by atoms with E-state index in [2.05, 4.69) is 4.98 Å². The lowest BCUT2D eigenvalue weighted by Gasteiger charge is -2.19. The molecule has 0 radical (unpaired) electrons. The van der Waals surface area contributed by atoms with E-state index in [9.17, 15) is 5.11 Å². The molecule has 1 fully saturated rings. The van der Waals surface area contributed by atoms with E-state index in [4.69, 9.17) is 14.2 Å². The zero-order valence-electron chi connectivity index (χ0n) is 13.7. The number of nitrogens with zero attached hydrogens (tertiary/aromatic N) is 1. The van der Waals surface area contributed by atoms with Crippen LogP contribution < -0.4 is 0 Å². The average Bonchev–Trinajstić information content (AvgIpc) is 3.21. The Hall–Kier alpha value is -1.73. The van der Waals surface area contributed by atoms with Gasteiger partial charge in [-0.25, -0.2) is 4.98 Å². The largest absolute Gasteiger partial charge is 0.486 e. The van der Waals surface area contributed by atoms with Crippen molar-refractivity contribution >= 4 is 17.1 Å². The standard InChI is InChI=1S/C18H21NO4S/c1-18(2)22-12-16(23-18)14(20)10-15(17-19-8-9-24-17)21-11-13-6-4-3-5-7-13/h3-10,14,16,20H,11-12H2,1-2H3/b15-10-/t14-,16-/m0/s1. The lowest BCUT2D eigenvalue weighted by molar-refractivity contribution is -0.147. The summed E-state index contributed by atoms with van der Waals surface area (Å²) in [5.41, 5.74) is 1.05. The number of rotatable bonds is 6. The van der Waals surface area contributed by atoms with Crippen LogP contribution >= 0.6 is 11.3 Å². The maximum absolute atomic E-state index is 10.5. The summed E-state index contributed by atoms with van der Waals surface area (Å²) in [4.78, 5) is 4.28. The first-order valence-electron chi connectivity index (χ1n) is 7.82. The predicted molar refractivity (Wildman–Crippen MR) is 92.2 cm³/mol. The van der Waals surface area contributed by atoms with Crippen LogP contribution in [0.2, 0.25) is 0 Å². The third-order valence-corrected chi connectivity index (χ3v) is 4.40. The Kier molecular flexibility index (Phi) is 5.30. The normalized spacial score (nSPS) is 21.6. The highest BCUT2D eigenvalue weighted by molar-refractivity contribution is 7.10. The number of thiazole rings is 1. The highest BCUT2D eigenvalue weighted by Gasteiger charge is 2.36. The van der Waals surface area contributed by atoms with Crippen molar-refractivity contribution in [1.82, 2.24) is 4.98 Å². The summed E-state index contributed by atoms with van der Waals surface area (Å²) >= 11 is 1.46. The highest BCUT2D eigenvalue weighted by atomic mass is 32.1. The van der Waals surface area contributed by atoms with E-state index in [1.54, 1.807) is 12.3 Å². The topological polar surface area (TPSA) is 60.8 Å². The van der Waals surface area contributed by atoms with Crippen molar-refractivity contribution in [2.24, 2.45) is 0 Å². The van der Waals surface area contributed by atoms with E-state index in [-0.39, 0.29) is 0 Å². The second-order valence-corrected chi connectivity index (χ2v) is 6.89. The Bertz CT molecular complexity index is 670. The third-order valence-electron chi connectivity index (χ3n) is 3.61. The van der Waals surface area contributed by atoms with Crippen LogP contribution in [-0.4, -0.2) is 34.7 Å². The van der Waals surface area contributed by atoms with Gasteiger partial charge in [0.1, 0.15) is 18.8 Å². The molecule has 2 atom stereocenters.